The van der Waals surface area contributed by atoms with E-state index in [2.05, 4.69) is 170 Å². The molecule has 0 spiro atoms. The highest BCUT2D eigenvalue weighted by Gasteiger charge is 2.44. The Kier molecular flexibility index (Phi) is 7.69. The molecule has 0 N–H and O–H groups in total. The fourth-order valence-electron chi connectivity index (χ4n) is 8.04. The molecule has 0 amide bonds. The van der Waals surface area contributed by atoms with Gasteiger partial charge in [-0.25, -0.2) is 0 Å². The largest absolute Gasteiger partial charge is 0.490 e. The van der Waals surface area contributed by atoms with Gasteiger partial charge in [0.05, 0.1) is 13.2 Å². The van der Waals surface area contributed by atoms with Crippen molar-refractivity contribution in [1.82, 2.24) is 0 Å². The van der Waals surface area contributed by atoms with Gasteiger partial charge >= 0.3 is 0 Å². The first-order valence-corrected chi connectivity index (χ1v) is 18.6. The zero-order valence-electron chi connectivity index (χ0n) is 32.1. The average molecular weight is 675 g/mol. The summed E-state index contributed by atoms with van der Waals surface area (Å²) in [4.78, 5) is 4.98. The number of aryl methyl sites for hydroxylation is 1. The van der Waals surface area contributed by atoms with Crippen LogP contribution in [-0.2, 0) is 16.2 Å². The van der Waals surface area contributed by atoms with Crippen molar-refractivity contribution < 1.29 is 9.47 Å². The van der Waals surface area contributed by atoms with Crippen molar-refractivity contribution in [2.45, 2.75) is 91.9 Å². The molecule has 260 valence electrons. The fraction of sp³-hybridized carbons (Fsp3) is 0.348. The highest BCUT2D eigenvalue weighted by atomic mass is 16.5. The Balaban J connectivity index is 1.44. The lowest BCUT2D eigenvalue weighted by atomic mass is 9.33. The van der Waals surface area contributed by atoms with E-state index < -0.39 is 0 Å². The molecule has 5 heteroatoms. The second-order valence-corrected chi connectivity index (χ2v) is 17.8. The second kappa shape index (κ2) is 11.7. The summed E-state index contributed by atoms with van der Waals surface area (Å²) in [5.41, 5.74) is 16.3. The summed E-state index contributed by atoms with van der Waals surface area (Å²) in [6.45, 7) is 24.1. The number of benzene rings is 5. The minimum atomic E-state index is -0.00630. The van der Waals surface area contributed by atoms with E-state index >= 15 is 0 Å². The average Bonchev–Trinajstić information content (AvgIpc) is 3.31. The molecule has 5 aromatic carbocycles. The highest BCUT2D eigenvalue weighted by molar-refractivity contribution is 7.00. The number of rotatable bonds is 2. The van der Waals surface area contributed by atoms with E-state index in [1.165, 1.54) is 61.4 Å². The van der Waals surface area contributed by atoms with E-state index in [1.54, 1.807) is 0 Å². The zero-order valence-corrected chi connectivity index (χ0v) is 32.1. The predicted molar refractivity (Wildman–Crippen MR) is 217 cm³/mol. The number of fused-ring (bicyclic) bond motifs is 5. The van der Waals surface area contributed by atoms with E-state index in [-0.39, 0.29) is 23.0 Å². The van der Waals surface area contributed by atoms with Gasteiger partial charge in [0.2, 0.25) is 0 Å². The van der Waals surface area contributed by atoms with Crippen LogP contribution >= 0.6 is 0 Å². The van der Waals surface area contributed by atoms with Gasteiger partial charge in [0, 0.05) is 46.6 Å². The van der Waals surface area contributed by atoms with Crippen LogP contribution < -0.4 is 35.7 Å². The molecule has 3 aliphatic rings. The molecule has 0 aromatic heterocycles. The lowest BCUT2D eigenvalue weighted by Gasteiger charge is -2.45. The first-order valence-electron chi connectivity index (χ1n) is 18.6. The van der Waals surface area contributed by atoms with Crippen molar-refractivity contribution in [3.63, 3.8) is 0 Å². The molecule has 0 saturated heterocycles. The minimum absolute atomic E-state index is 0.00630. The Morgan fingerprint density at radius 3 is 1.45 bits per heavy atom. The van der Waals surface area contributed by atoms with E-state index in [1.807, 2.05) is 0 Å². The van der Waals surface area contributed by atoms with Gasteiger partial charge in [-0.15, -0.1) is 0 Å². The molecule has 0 radical (unpaired) electrons. The van der Waals surface area contributed by atoms with Crippen molar-refractivity contribution in [2.24, 2.45) is 0 Å². The zero-order chi connectivity index (χ0) is 36.0. The van der Waals surface area contributed by atoms with Crippen molar-refractivity contribution in [1.29, 1.82) is 0 Å². The van der Waals surface area contributed by atoms with Crippen LogP contribution in [0.1, 0.15) is 91.0 Å². The lowest BCUT2D eigenvalue weighted by molar-refractivity contribution is 0.297. The van der Waals surface area contributed by atoms with E-state index in [0.29, 0.717) is 13.2 Å². The fourth-order valence-corrected chi connectivity index (χ4v) is 8.04. The molecule has 8 rings (SSSR count). The van der Waals surface area contributed by atoms with Crippen LogP contribution in [0.25, 0.3) is 0 Å². The van der Waals surface area contributed by atoms with Crippen molar-refractivity contribution in [3.8, 4) is 11.5 Å². The standard InChI is InChI=1S/C46H51BN2O2/c1-29-24-39-43-40(25-29)49(34-19-14-31(15-20-34)45(5,6)7)38-28-42-41(50-22-11-23-51-42)27-36(38)47(43)35-26-32(46(8,9)10)16-21-37(35)48(39)33-17-12-30(13-18-33)44(2,3)4/h12-21,24-28H,11,22-23H2,1-10H3. The predicted octanol–water partition coefficient (Wildman–Crippen LogP) is 10.1. The number of hydrogen-bond donors (Lipinski definition) is 0. The Hall–Kier alpha value is -4.64. The van der Waals surface area contributed by atoms with Gasteiger partial charge in [-0.3, -0.25) is 0 Å². The Labute approximate surface area is 305 Å². The second-order valence-electron chi connectivity index (χ2n) is 17.8. The van der Waals surface area contributed by atoms with Crippen LogP contribution in [0, 0.1) is 6.92 Å². The van der Waals surface area contributed by atoms with Gasteiger partial charge in [-0.2, -0.15) is 0 Å². The first-order chi connectivity index (χ1) is 24.1. The maximum atomic E-state index is 6.40. The molecule has 0 aliphatic carbocycles. The monoisotopic (exact) mass is 674 g/mol. The Bertz CT molecular complexity index is 2150. The smallest absolute Gasteiger partial charge is 0.252 e. The number of ether oxygens (including phenoxy) is 2. The summed E-state index contributed by atoms with van der Waals surface area (Å²) in [5, 5.41) is 0. The van der Waals surface area contributed by atoms with Crippen LogP contribution in [0.2, 0.25) is 0 Å². The van der Waals surface area contributed by atoms with Gasteiger partial charge in [0.1, 0.15) is 0 Å². The maximum Gasteiger partial charge on any atom is 0.252 e. The number of anilines is 6. The quantitative estimate of drug-likeness (QED) is 0.171. The van der Waals surface area contributed by atoms with Gasteiger partial charge in [0.25, 0.3) is 6.71 Å². The molecule has 0 saturated carbocycles. The molecule has 5 aromatic rings. The SMILES string of the molecule is Cc1cc2c3c(c1)N(c1ccc(C(C)(C)C)cc1)c1cc4c(cc1B3c1cc(C(C)(C)C)ccc1N2c1ccc(C(C)(C)C)cc1)OCCCO4. The third-order valence-electron chi connectivity index (χ3n) is 10.9. The van der Waals surface area contributed by atoms with Crippen molar-refractivity contribution in [2.75, 3.05) is 23.0 Å². The highest BCUT2D eigenvalue weighted by Crippen LogP contribution is 2.47. The van der Waals surface area contributed by atoms with E-state index in [0.717, 1.165) is 29.3 Å². The van der Waals surface area contributed by atoms with Gasteiger partial charge < -0.3 is 19.3 Å². The molecular weight excluding hydrogens is 623 g/mol. The number of hydrogen-bond acceptors (Lipinski definition) is 4. The summed E-state index contributed by atoms with van der Waals surface area (Å²) in [7, 11) is 0. The normalized spacial score (nSPS) is 15.2. The Morgan fingerprint density at radius 1 is 0.490 bits per heavy atom. The maximum absolute atomic E-state index is 6.40. The van der Waals surface area contributed by atoms with Crippen LogP contribution in [0.3, 0.4) is 0 Å². The molecule has 0 fully saturated rings. The van der Waals surface area contributed by atoms with Crippen LogP contribution in [0.15, 0.2) is 91.0 Å². The van der Waals surface area contributed by atoms with Crippen LogP contribution in [-0.4, -0.2) is 19.9 Å². The van der Waals surface area contributed by atoms with Crippen molar-refractivity contribution in [3.05, 3.63) is 113 Å². The molecule has 0 unspecified atom stereocenters. The molecule has 3 heterocycles. The van der Waals surface area contributed by atoms with Crippen LogP contribution in [0.4, 0.5) is 34.1 Å². The van der Waals surface area contributed by atoms with Gasteiger partial charge in [-0.05, 0) is 110 Å². The van der Waals surface area contributed by atoms with Gasteiger partial charge in [-0.1, -0.05) is 98.7 Å². The summed E-state index contributed by atoms with van der Waals surface area (Å²) >= 11 is 0. The third kappa shape index (κ3) is 5.70. The molecule has 4 nitrogen and oxygen atoms in total. The summed E-state index contributed by atoms with van der Waals surface area (Å²) in [5.74, 6) is 1.65. The summed E-state index contributed by atoms with van der Waals surface area (Å²) in [6, 6.07) is 34.9. The van der Waals surface area contributed by atoms with E-state index in [9.17, 15) is 0 Å². The summed E-state index contributed by atoms with van der Waals surface area (Å²) in [6.07, 6.45) is 0.866. The van der Waals surface area contributed by atoms with E-state index in [4.69, 9.17) is 9.47 Å². The molecule has 0 atom stereocenters. The third-order valence-corrected chi connectivity index (χ3v) is 10.9. The first kappa shape index (κ1) is 33.5. The molecule has 51 heavy (non-hydrogen) atoms. The molecular formula is C46H51BN2O2. The Morgan fingerprint density at radius 2 is 0.941 bits per heavy atom. The summed E-state index contributed by atoms with van der Waals surface area (Å²) < 4.78 is 12.8. The van der Waals surface area contributed by atoms with Crippen molar-refractivity contribution >= 4 is 57.2 Å². The topological polar surface area (TPSA) is 24.9 Å². The van der Waals surface area contributed by atoms with Gasteiger partial charge in [0.15, 0.2) is 11.5 Å². The molecule has 3 aliphatic heterocycles. The van der Waals surface area contributed by atoms with Crippen LogP contribution in [0.5, 0.6) is 11.5 Å². The molecule has 0 bridgehead atoms. The lowest BCUT2D eigenvalue weighted by Crippen LogP contribution is -2.61. The minimum Gasteiger partial charge on any atom is -0.490 e. The number of nitrogens with zero attached hydrogens (tertiary/aromatic N) is 2.